The van der Waals surface area contributed by atoms with Crippen molar-refractivity contribution in [2.24, 2.45) is 5.73 Å². The van der Waals surface area contributed by atoms with Gasteiger partial charge in [-0.15, -0.1) is 0 Å². The average Bonchev–Trinajstić information content (AvgIpc) is 2.53. The van der Waals surface area contributed by atoms with Gasteiger partial charge in [0, 0.05) is 18.7 Å². The van der Waals surface area contributed by atoms with Crippen LogP contribution in [0.1, 0.15) is 27.0 Å². The molecule has 2 aromatic carbocycles. The van der Waals surface area contributed by atoms with Gasteiger partial charge in [-0.3, -0.25) is 4.79 Å². The zero-order valence-corrected chi connectivity index (χ0v) is 11.2. The molecule has 1 amide bonds. The highest BCUT2D eigenvalue weighted by Gasteiger charge is 2.05. The first-order chi connectivity index (χ1) is 9.72. The van der Waals surface area contributed by atoms with Gasteiger partial charge in [-0.05, 0) is 28.8 Å². The average molecular weight is 270 g/mol. The topological polar surface area (TPSA) is 75.4 Å². The summed E-state index contributed by atoms with van der Waals surface area (Å²) in [6, 6.07) is 14.8. The minimum Gasteiger partial charge on any atom is -0.392 e. The molecular formula is C16H18N2O2. The number of rotatable bonds is 5. The monoisotopic (exact) mass is 270 g/mol. The Labute approximate surface area is 118 Å². The second-order valence-electron chi connectivity index (χ2n) is 4.56. The maximum Gasteiger partial charge on any atom is 0.251 e. The van der Waals surface area contributed by atoms with E-state index in [0.29, 0.717) is 18.7 Å². The van der Waals surface area contributed by atoms with Crippen LogP contribution in [0.3, 0.4) is 0 Å². The fourth-order valence-corrected chi connectivity index (χ4v) is 1.89. The van der Waals surface area contributed by atoms with Crippen LogP contribution in [-0.4, -0.2) is 11.0 Å². The molecule has 2 rings (SSSR count). The van der Waals surface area contributed by atoms with Crippen LogP contribution in [0.25, 0.3) is 0 Å². The summed E-state index contributed by atoms with van der Waals surface area (Å²) in [5.74, 6) is -0.119. The van der Waals surface area contributed by atoms with Gasteiger partial charge in [0.2, 0.25) is 0 Å². The van der Waals surface area contributed by atoms with E-state index in [9.17, 15) is 4.79 Å². The highest BCUT2D eigenvalue weighted by atomic mass is 16.3. The molecule has 4 N–H and O–H groups in total. The van der Waals surface area contributed by atoms with Gasteiger partial charge in [0.15, 0.2) is 0 Å². The van der Waals surface area contributed by atoms with Crippen LogP contribution in [0, 0.1) is 0 Å². The first-order valence-corrected chi connectivity index (χ1v) is 6.49. The van der Waals surface area contributed by atoms with Crippen molar-refractivity contribution >= 4 is 5.91 Å². The predicted octanol–water partition coefficient (Wildman–Crippen LogP) is 1.57. The number of aliphatic hydroxyl groups is 1. The Kier molecular flexibility index (Phi) is 4.87. The van der Waals surface area contributed by atoms with E-state index in [4.69, 9.17) is 10.8 Å². The van der Waals surface area contributed by atoms with Crippen LogP contribution in [0.4, 0.5) is 0 Å². The molecule has 0 spiro atoms. The predicted molar refractivity (Wildman–Crippen MR) is 77.9 cm³/mol. The van der Waals surface area contributed by atoms with Gasteiger partial charge in [0.25, 0.3) is 5.91 Å². The van der Waals surface area contributed by atoms with Gasteiger partial charge in [-0.1, -0.05) is 36.4 Å². The Hall–Kier alpha value is -2.17. The molecule has 0 atom stereocenters. The molecule has 0 aliphatic rings. The molecule has 0 bridgehead atoms. The third-order valence-corrected chi connectivity index (χ3v) is 3.08. The number of hydrogen-bond acceptors (Lipinski definition) is 3. The maximum atomic E-state index is 12.0. The number of nitrogens with one attached hydrogen (secondary N) is 1. The van der Waals surface area contributed by atoms with E-state index >= 15 is 0 Å². The van der Waals surface area contributed by atoms with E-state index in [0.717, 1.165) is 16.7 Å². The highest BCUT2D eigenvalue weighted by molar-refractivity contribution is 5.94. The largest absolute Gasteiger partial charge is 0.392 e. The lowest BCUT2D eigenvalue weighted by atomic mass is 10.1. The van der Waals surface area contributed by atoms with Gasteiger partial charge in [0.05, 0.1) is 6.61 Å². The SMILES string of the molecule is NCc1cccc(C(=O)NCc2ccc(CO)cc2)c1. The summed E-state index contributed by atoms with van der Waals surface area (Å²) in [5.41, 5.74) is 8.95. The number of benzene rings is 2. The fraction of sp³-hybridized carbons (Fsp3) is 0.188. The lowest BCUT2D eigenvalue weighted by molar-refractivity contribution is 0.0951. The maximum absolute atomic E-state index is 12.0. The van der Waals surface area contributed by atoms with E-state index in [-0.39, 0.29) is 12.5 Å². The minimum atomic E-state index is -0.119. The van der Waals surface area contributed by atoms with Crippen LogP contribution in [0.2, 0.25) is 0 Å². The number of carbonyl (C=O) groups excluding carboxylic acids is 1. The van der Waals surface area contributed by atoms with Crippen molar-refractivity contribution in [1.82, 2.24) is 5.32 Å². The summed E-state index contributed by atoms with van der Waals surface area (Å²) in [5, 5.41) is 11.8. The first-order valence-electron chi connectivity index (χ1n) is 6.49. The Morgan fingerprint density at radius 1 is 1.05 bits per heavy atom. The zero-order valence-electron chi connectivity index (χ0n) is 11.2. The molecule has 0 aliphatic carbocycles. The molecule has 4 heteroatoms. The number of aliphatic hydroxyl groups excluding tert-OH is 1. The summed E-state index contributed by atoms with van der Waals surface area (Å²) in [6.45, 7) is 0.902. The molecule has 0 aliphatic heterocycles. The molecule has 2 aromatic rings. The molecule has 4 nitrogen and oxygen atoms in total. The third-order valence-electron chi connectivity index (χ3n) is 3.08. The van der Waals surface area contributed by atoms with Crippen molar-refractivity contribution < 1.29 is 9.90 Å². The van der Waals surface area contributed by atoms with Crippen molar-refractivity contribution in [3.63, 3.8) is 0 Å². The van der Waals surface area contributed by atoms with Crippen molar-refractivity contribution in [2.75, 3.05) is 0 Å². The van der Waals surface area contributed by atoms with E-state index in [1.54, 1.807) is 12.1 Å². The molecule has 0 saturated carbocycles. The smallest absolute Gasteiger partial charge is 0.251 e. The van der Waals surface area contributed by atoms with Gasteiger partial charge in [-0.25, -0.2) is 0 Å². The van der Waals surface area contributed by atoms with Crippen LogP contribution in [0.15, 0.2) is 48.5 Å². The Bertz CT molecular complexity index is 579. The lowest BCUT2D eigenvalue weighted by Gasteiger charge is -2.07. The molecule has 0 aromatic heterocycles. The van der Waals surface area contributed by atoms with Crippen LogP contribution in [-0.2, 0) is 19.7 Å². The summed E-state index contributed by atoms with van der Waals surface area (Å²) in [4.78, 5) is 12.0. The Balaban J connectivity index is 1.97. The molecule has 0 radical (unpaired) electrons. The van der Waals surface area contributed by atoms with Crippen LogP contribution >= 0.6 is 0 Å². The molecule has 0 heterocycles. The summed E-state index contributed by atoms with van der Waals surface area (Å²) < 4.78 is 0. The standard InChI is InChI=1S/C16H18N2O2/c17-9-14-2-1-3-15(8-14)16(20)18-10-12-4-6-13(11-19)7-5-12/h1-8,19H,9-11,17H2,(H,18,20). The molecule has 20 heavy (non-hydrogen) atoms. The Morgan fingerprint density at radius 2 is 1.75 bits per heavy atom. The van der Waals surface area contributed by atoms with E-state index in [1.807, 2.05) is 36.4 Å². The van der Waals surface area contributed by atoms with Crippen molar-refractivity contribution in [3.05, 3.63) is 70.8 Å². The van der Waals surface area contributed by atoms with Crippen LogP contribution in [0.5, 0.6) is 0 Å². The van der Waals surface area contributed by atoms with Gasteiger partial charge in [-0.2, -0.15) is 0 Å². The number of nitrogens with two attached hydrogens (primary N) is 1. The van der Waals surface area contributed by atoms with Gasteiger partial charge in [0.1, 0.15) is 0 Å². The molecule has 104 valence electrons. The Morgan fingerprint density at radius 3 is 2.40 bits per heavy atom. The molecule has 0 fully saturated rings. The minimum absolute atomic E-state index is 0.0263. The summed E-state index contributed by atoms with van der Waals surface area (Å²) in [6.07, 6.45) is 0. The van der Waals surface area contributed by atoms with Crippen molar-refractivity contribution in [1.29, 1.82) is 0 Å². The summed E-state index contributed by atoms with van der Waals surface area (Å²) >= 11 is 0. The van der Waals surface area contributed by atoms with E-state index in [2.05, 4.69) is 5.32 Å². The molecule has 0 saturated heterocycles. The third kappa shape index (κ3) is 3.66. The molecular weight excluding hydrogens is 252 g/mol. The van der Waals surface area contributed by atoms with E-state index < -0.39 is 0 Å². The first kappa shape index (κ1) is 14.2. The second-order valence-corrected chi connectivity index (χ2v) is 4.56. The quantitative estimate of drug-likeness (QED) is 0.772. The van der Waals surface area contributed by atoms with Crippen LogP contribution < -0.4 is 11.1 Å². The second kappa shape index (κ2) is 6.84. The highest BCUT2D eigenvalue weighted by Crippen LogP contribution is 2.07. The normalized spacial score (nSPS) is 10.3. The summed E-state index contributed by atoms with van der Waals surface area (Å²) in [7, 11) is 0. The molecule has 0 unspecified atom stereocenters. The van der Waals surface area contributed by atoms with Crippen molar-refractivity contribution in [2.45, 2.75) is 19.7 Å². The fourth-order valence-electron chi connectivity index (χ4n) is 1.89. The number of carbonyl (C=O) groups is 1. The van der Waals surface area contributed by atoms with Gasteiger partial charge >= 0.3 is 0 Å². The van der Waals surface area contributed by atoms with E-state index in [1.165, 1.54) is 0 Å². The number of hydrogen-bond donors (Lipinski definition) is 3. The number of amides is 1. The zero-order chi connectivity index (χ0) is 14.4. The van der Waals surface area contributed by atoms with Gasteiger partial charge < -0.3 is 16.2 Å². The lowest BCUT2D eigenvalue weighted by Crippen LogP contribution is -2.23. The van der Waals surface area contributed by atoms with Crippen molar-refractivity contribution in [3.8, 4) is 0 Å².